The van der Waals surface area contributed by atoms with Gasteiger partial charge in [-0.1, -0.05) is 24.3 Å². The van der Waals surface area contributed by atoms with Crippen LogP contribution in [0.2, 0.25) is 0 Å². The number of ether oxygens (including phenoxy) is 2. The molecule has 0 spiro atoms. The van der Waals surface area contributed by atoms with Crippen LogP contribution >= 0.6 is 0 Å². The van der Waals surface area contributed by atoms with E-state index in [2.05, 4.69) is 19.3 Å². The highest BCUT2D eigenvalue weighted by atomic mass is 19.3. The molecule has 9 heteroatoms. The van der Waals surface area contributed by atoms with Gasteiger partial charge in [0.2, 0.25) is 0 Å². The molecule has 1 saturated heterocycles. The minimum Gasteiger partial charge on any atom is -0.395 e. The van der Waals surface area contributed by atoms with Crippen molar-refractivity contribution in [3.63, 3.8) is 0 Å². The molecule has 0 saturated carbocycles. The number of hydrogen-bond acceptors (Lipinski definition) is 6. The minimum absolute atomic E-state index is 0.0492. The molecule has 0 aromatic heterocycles. The second kappa shape index (κ2) is 8.29. The topological polar surface area (TPSA) is 74.3 Å². The maximum Gasteiger partial charge on any atom is 0.586 e. The van der Waals surface area contributed by atoms with Gasteiger partial charge in [-0.3, -0.25) is 14.9 Å². The average Bonchev–Trinajstić information content (AvgIpc) is 3.06. The number of fused-ring (bicyclic) bond motifs is 1. The lowest BCUT2D eigenvalue weighted by Gasteiger charge is -2.36. The Hall–Kier alpha value is -3.17. The number of hydrogen-bond donors (Lipinski definition) is 2. The van der Waals surface area contributed by atoms with Crippen LogP contribution < -0.4 is 19.9 Å². The average molecular weight is 417 g/mol. The Labute approximate surface area is 172 Å². The van der Waals surface area contributed by atoms with E-state index < -0.39 is 12.2 Å². The first-order chi connectivity index (χ1) is 14.4. The molecule has 30 heavy (non-hydrogen) atoms. The van der Waals surface area contributed by atoms with Crippen molar-refractivity contribution >= 4 is 17.7 Å². The molecular formula is C21H21F2N3O4. The van der Waals surface area contributed by atoms with Gasteiger partial charge in [0, 0.05) is 44.5 Å². The molecule has 1 fully saturated rings. The van der Waals surface area contributed by atoms with Crippen LogP contribution in [-0.2, 0) is 11.3 Å². The van der Waals surface area contributed by atoms with E-state index in [1.54, 1.807) is 23.7 Å². The number of para-hydroxylation sites is 1. The monoisotopic (exact) mass is 417 g/mol. The highest BCUT2D eigenvalue weighted by Crippen LogP contribution is 2.41. The van der Waals surface area contributed by atoms with Gasteiger partial charge >= 0.3 is 6.29 Å². The first-order valence-corrected chi connectivity index (χ1v) is 9.51. The molecule has 4 rings (SSSR count). The molecule has 0 unspecified atom stereocenters. The number of carbonyl (C=O) groups is 1. The first-order valence-electron chi connectivity index (χ1n) is 9.51. The number of amides is 1. The molecular weight excluding hydrogens is 396 g/mol. The number of rotatable bonds is 5. The zero-order chi connectivity index (χ0) is 21.1. The number of anilines is 1. The minimum atomic E-state index is -3.60. The fraction of sp³-hybridized carbons (Fsp3) is 0.286. The highest BCUT2D eigenvalue weighted by Gasteiger charge is 2.43. The molecule has 2 aromatic carbocycles. The zero-order valence-corrected chi connectivity index (χ0v) is 16.1. The summed E-state index contributed by atoms with van der Waals surface area (Å²) in [5, 5.41) is 8.64. The van der Waals surface area contributed by atoms with Crippen LogP contribution in [-0.4, -0.2) is 48.5 Å². The van der Waals surface area contributed by atoms with E-state index >= 15 is 0 Å². The number of halogens is 2. The summed E-state index contributed by atoms with van der Waals surface area (Å²) in [6, 6.07) is 12.6. The van der Waals surface area contributed by atoms with Gasteiger partial charge in [0.15, 0.2) is 11.5 Å². The maximum absolute atomic E-state index is 13.2. The van der Waals surface area contributed by atoms with Crippen LogP contribution in [0.15, 0.2) is 48.5 Å². The summed E-state index contributed by atoms with van der Waals surface area (Å²) < 4.78 is 35.3. The zero-order valence-electron chi connectivity index (χ0n) is 16.1. The van der Waals surface area contributed by atoms with Crippen molar-refractivity contribution in [1.82, 2.24) is 10.4 Å². The SMILES string of the molecule is O=C(C=Cc1ccccc1N1CCN(Cc2ccc3c(c2)OC(F)(F)O3)CC1)NO. The smallest absolute Gasteiger partial charge is 0.395 e. The number of benzene rings is 2. The molecule has 0 atom stereocenters. The Morgan fingerprint density at radius 2 is 1.83 bits per heavy atom. The van der Waals surface area contributed by atoms with Gasteiger partial charge in [-0.05, 0) is 35.4 Å². The van der Waals surface area contributed by atoms with Gasteiger partial charge < -0.3 is 14.4 Å². The highest BCUT2D eigenvalue weighted by molar-refractivity contribution is 5.91. The molecule has 0 bridgehead atoms. The van der Waals surface area contributed by atoms with E-state index in [0.29, 0.717) is 6.54 Å². The van der Waals surface area contributed by atoms with Crippen LogP contribution in [0.5, 0.6) is 11.5 Å². The number of hydroxylamine groups is 1. The normalized spacial score (nSPS) is 18.0. The van der Waals surface area contributed by atoms with Crippen LogP contribution in [0.4, 0.5) is 14.5 Å². The summed E-state index contributed by atoms with van der Waals surface area (Å²) in [4.78, 5) is 15.7. The predicted octanol–water partition coefficient (Wildman–Crippen LogP) is 2.85. The summed E-state index contributed by atoms with van der Waals surface area (Å²) in [5.41, 5.74) is 4.34. The van der Waals surface area contributed by atoms with Crippen LogP contribution in [0.1, 0.15) is 11.1 Å². The third-order valence-electron chi connectivity index (χ3n) is 5.05. The third-order valence-corrected chi connectivity index (χ3v) is 5.05. The van der Waals surface area contributed by atoms with Gasteiger partial charge in [-0.2, -0.15) is 0 Å². The second-order valence-electron chi connectivity index (χ2n) is 7.08. The van der Waals surface area contributed by atoms with E-state index in [-0.39, 0.29) is 11.5 Å². The lowest BCUT2D eigenvalue weighted by molar-refractivity contribution is -0.286. The van der Waals surface area contributed by atoms with E-state index in [9.17, 15) is 13.6 Å². The molecule has 158 valence electrons. The van der Waals surface area contributed by atoms with E-state index in [4.69, 9.17) is 5.21 Å². The Balaban J connectivity index is 1.37. The molecule has 2 aliphatic heterocycles. The van der Waals surface area contributed by atoms with Crippen molar-refractivity contribution in [1.29, 1.82) is 0 Å². The van der Waals surface area contributed by atoms with Crippen molar-refractivity contribution in [2.75, 3.05) is 31.1 Å². The van der Waals surface area contributed by atoms with Gasteiger partial charge in [-0.25, -0.2) is 5.48 Å². The van der Waals surface area contributed by atoms with E-state index in [1.807, 2.05) is 24.3 Å². The summed E-state index contributed by atoms with van der Waals surface area (Å²) in [7, 11) is 0. The second-order valence-corrected chi connectivity index (χ2v) is 7.08. The molecule has 7 nitrogen and oxygen atoms in total. The van der Waals surface area contributed by atoms with E-state index in [1.165, 1.54) is 12.1 Å². The molecule has 1 amide bonds. The number of carbonyl (C=O) groups excluding carboxylic acids is 1. The molecule has 0 aliphatic carbocycles. The summed E-state index contributed by atoms with van der Waals surface area (Å²) >= 11 is 0. The maximum atomic E-state index is 13.2. The Bertz CT molecular complexity index is 959. The van der Waals surface area contributed by atoms with Crippen molar-refractivity contribution in [2.24, 2.45) is 0 Å². The van der Waals surface area contributed by atoms with Crippen molar-refractivity contribution < 1.29 is 28.3 Å². The van der Waals surface area contributed by atoms with Gasteiger partial charge in [0.25, 0.3) is 5.91 Å². The lowest BCUT2D eigenvalue weighted by atomic mass is 10.1. The fourth-order valence-corrected chi connectivity index (χ4v) is 3.62. The number of piperazine rings is 1. The lowest BCUT2D eigenvalue weighted by Crippen LogP contribution is -2.46. The molecule has 2 aliphatic rings. The molecule has 2 aromatic rings. The number of alkyl halides is 2. The van der Waals surface area contributed by atoms with Crippen molar-refractivity contribution in [3.05, 3.63) is 59.7 Å². The van der Waals surface area contributed by atoms with Crippen LogP contribution in [0.3, 0.4) is 0 Å². The Morgan fingerprint density at radius 3 is 2.60 bits per heavy atom. The van der Waals surface area contributed by atoms with Gasteiger partial charge in [0.05, 0.1) is 0 Å². The van der Waals surface area contributed by atoms with Crippen molar-refractivity contribution in [2.45, 2.75) is 12.8 Å². The standard InChI is InChI=1S/C21H21F2N3O4/c22-21(23)29-18-7-5-15(13-19(18)30-21)14-25-9-11-26(12-10-25)17-4-2-1-3-16(17)6-8-20(27)24-28/h1-8,13,28H,9-12,14H2,(H,24,27). The predicted molar refractivity (Wildman–Crippen MR) is 106 cm³/mol. The number of nitrogens with zero attached hydrogens (tertiary/aromatic N) is 2. The van der Waals surface area contributed by atoms with Crippen LogP contribution in [0, 0.1) is 0 Å². The van der Waals surface area contributed by atoms with Gasteiger partial charge in [0.1, 0.15) is 0 Å². The number of nitrogens with one attached hydrogen (secondary N) is 1. The fourth-order valence-electron chi connectivity index (χ4n) is 3.62. The molecule has 2 N–H and O–H groups in total. The quantitative estimate of drug-likeness (QED) is 0.443. The summed E-state index contributed by atoms with van der Waals surface area (Å²) in [5.74, 6) is -0.479. The van der Waals surface area contributed by atoms with Crippen LogP contribution in [0.25, 0.3) is 6.08 Å². The summed E-state index contributed by atoms with van der Waals surface area (Å²) in [6.07, 6.45) is -0.666. The Kier molecular flexibility index (Phi) is 5.56. The molecule has 2 heterocycles. The Morgan fingerprint density at radius 1 is 1.10 bits per heavy atom. The third kappa shape index (κ3) is 4.52. The van der Waals surface area contributed by atoms with Gasteiger partial charge in [-0.15, -0.1) is 8.78 Å². The van der Waals surface area contributed by atoms with E-state index in [0.717, 1.165) is 43.0 Å². The first kappa shape index (κ1) is 20.1. The largest absolute Gasteiger partial charge is 0.586 e. The summed E-state index contributed by atoms with van der Waals surface area (Å²) in [6.45, 7) is 3.76. The molecule has 0 radical (unpaired) electrons. The van der Waals surface area contributed by atoms with Crippen molar-refractivity contribution in [3.8, 4) is 11.5 Å².